The van der Waals surface area contributed by atoms with Crippen LogP contribution < -0.4 is 0 Å². The highest BCUT2D eigenvalue weighted by atomic mass is 35.5. The van der Waals surface area contributed by atoms with Crippen LogP contribution >= 0.6 is 11.6 Å². The zero-order valence-corrected chi connectivity index (χ0v) is 11.2. The fraction of sp³-hybridized carbons (Fsp3) is 0.545. The second-order valence-electron chi connectivity index (χ2n) is 4.40. The van der Waals surface area contributed by atoms with Crippen molar-refractivity contribution in [2.45, 2.75) is 24.7 Å². The Balaban J connectivity index is 2.21. The van der Waals surface area contributed by atoms with Gasteiger partial charge in [0.1, 0.15) is 10.0 Å². The van der Waals surface area contributed by atoms with Gasteiger partial charge in [-0.05, 0) is 30.9 Å². The number of nitrogens with zero attached hydrogens (tertiary/aromatic N) is 2. The molecule has 0 N–H and O–H groups in total. The van der Waals surface area contributed by atoms with Crippen LogP contribution in [0.2, 0.25) is 5.15 Å². The standard InChI is InChI=1S/C11H15ClN2O2S/c1-9-4-6-14(7-5-9)17(15,16)10-2-3-11(12)13-8-10/h2-3,8-9H,4-7H2,1H3. The fourth-order valence-corrected chi connectivity index (χ4v) is 3.42. The number of pyridine rings is 1. The molecule has 0 aliphatic carbocycles. The average Bonchev–Trinajstić information content (AvgIpc) is 2.30. The first kappa shape index (κ1) is 12.8. The zero-order valence-electron chi connectivity index (χ0n) is 9.63. The van der Waals surface area contributed by atoms with Gasteiger partial charge >= 0.3 is 0 Å². The first-order valence-electron chi connectivity index (χ1n) is 5.62. The Bertz CT molecular complexity index is 479. The van der Waals surface area contributed by atoms with Crippen LogP contribution in [0.4, 0.5) is 0 Å². The maximum Gasteiger partial charge on any atom is 0.244 e. The Labute approximate surface area is 107 Å². The van der Waals surface area contributed by atoms with Crippen molar-refractivity contribution < 1.29 is 8.42 Å². The molecule has 0 unspecified atom stereocenters. The quantitative estimate of drug-likeness (QED) is 0.777. The van der Waals surface area contributed by atoms with Gasteiger partial charge in [0.2, 0.25) is 10.0 Å². The summed E-state index contributed by atoms with van der Waals surface area (Å²) in [6.07, 6.45) is 3.15. The average molecular weight is 275 g/mol. The summed E-state index contributed by atoms with van der Waals surface area (Å²) >= 11 is 5.65. The van der Waals surface area contributed by atoms with Gasteiger partial charge in [0.05, 0.1) is 0 Å². The van der Waals surface area contributed by atoms with Gasteiger partial charge in [-0.2, -0.15) is 4.31 Å². The van der Waals surface area contributed by atoms with E-state index in [1.54, 1.807) is 0 Å². The highest BCUT2D eigenvalue weighted by Gasteiger charge is 2.28. The summed E-state index contributed by atoms with van der Waals surface area (Å²) in [6.45, 7) is 3.33. The van der Waals surface area contributed by atoms with Crippen molar-refractivity contribution in [3.63, 3.8) is 0 Å². The Kier molecular flexibility index (Phi) is 3.70. The molecule has 2 heterocycles. The number of halogens is 1. The minimum atomic E-state index is -3.39. The maximum atomic E-state index is 12.2. The van der Waals surface area contributed by atoms with Gasteiger partial charge in [-0.3, -0.25) is 0 Å². The van der Waals surface area contributed by atoms with Crippen molar-refractivity contribution in [2.24, 2.45) is 5.92 Å². The predicted molar refractivity (Wildman–Crippen MR) is 66.4 cm³/mol. The third kappa shape index (κ3) is 2.78. The SMILES string of the molecule is CC1CCN(S(=O)(=O)c2ccc(Cl)nc2)CC1. The highest BCUT2D eigenvalue weighted by Crippen LogP contribution is 2.23. The molecular formula is C11H15ClN2O2S. The van der Waals surface area contributed by atoms with E-state index in [4.69, 9.17) is 11.6 Å². The molecule has 6 heteroatoms. The predicted octanol–water partition coefficient (Wildman–Crippen LogP) is 2.16. The molecule has 1 fully saturated rings. The second kappa shape index (κ2) is 4.92. The molecule has 0 amide bonds. The van der Waals surface area contributed by atoms with E-state index < -0.39 is 10.0 Å². The molecule has 0 atom stereocenters. The highest BCUT2D eigenvalue weighted by molar-refractivity contribution is 7.89. The smallest absolute Gasteiger partial charge is 0.243 e. The summed E-state index contributed by atoms with van der Waals surface area (Å²) in [7, 11) is -3.39. The molecule has 2 rings (SSSR count). The topological polar surface area (TPSA) is 50.3 Å². The number of piperidine rings is 1. The lowest BCUT2D eigenvalue weighted by Crippen LogP contribution is -2.37. The van der Waals surface area contributed by atoms with Crippen LogP contribution in [0, 0.1) is 5.92 Å². The van der Waals surface area contributed by atoms with Crippen LogP contribution in [0.3, 0.4) is 0 Å². The summed E-state index contributed by atoms with van der Waals surface area (Å²) in [5.74, 6) is 0.602. The van der Waals surface area contributed by atoms with Gasteiger partial charge in [0.25, 0.3) is 0 Å². The van der Waals surface area contributed by atoms with E-state index in [0.717, 1.165) is 12.8 Å². The Morgan fingerprint density at radius 2 is 2.00 bits per heavy atom. The molecule has 1 aliphatic rings. The van der Waals surface area contributed by atoms with Crippen LogP contribution in [0.1, 0.15) is 19.8 Å². The Morgan fingerprint density at radius 3 is 2.53 bits per heavy atom. The van der Waals surface area contributed by atoms with Crippen LogP contribution in [0.15, 0.2) is 23.2 Å². The van der Waals surface area contributed by atoms with Gasteiger partial charge in [-0.25, -0.2) is 13.4 Å². The third-order valence-corrected chi connectivity index (χ3v) is 5.19. The van der Waals surface area contributed by atoms with E-state index in [-0.39, 0.29) is 4.90 Å². The Morgan fingerprint density at radius 1 is 1.35 bits per heavy atom. The molecule has 0 radical (unpaired) electrons. The molecule has 17 heavy (non-hydrogen) atoms. The number of hydrogen-bond donors (Lipinski definition) is 0. The minimum Gasteiger partial charge on any atom is -0.243 e. The van der Waals surface area contributed by atoms with E-state index in [1.165, 1.54) is 22.6 Å². The number of sulfonamides is 1. The normalized spacial score (nSPS) is 19.4. The van der Waals surface area contributed by atoms with E-state index >= 15 is 0 Å². The van der Waals surface area contributed by atoms with Gasteiger partial charge in [0, 0.05) is 19.3 Å². The van der Waals surface area contributed by atoms with Gasteiger partial charge in [-0.15, -0.1) is 0 Å². The molecular weight excluding hydrogens is 260 g/mol. The molecule has 0 spiro atoms. The lowest BCUT2D eigenvalue weighted by molar-refractivity contribution is 0.288. The van der Waals surface area contributed by atoms with E-state index in [2.05, 4.69) is 11.9 Å². The molecule has 94 valence electrons. The lowest BCUT2D eigenvalue weighted by Gasteiger charge is -2.29. The second-order valence-corrected chi connectivity index (χ2v) is 6.73. The molecule has 4 nitrogen and oxygen atoms in total. The summed E-state index contributed by atoms with van der Waals surface area (Å²) in [6, 6.07) is 3.00. The lowest BCUT2D eigenvalue weighted by atomic mass is 10.0. The number of hydrogen-bond acceptors (Lipinski definition) is 3. The van der Waals surface area contributed by atoms with Crippen molar-refractivity contribution in [1.82, 2.24) is 9.29 Å². The van der Waals surface area contributed by atoms with Crippen molar-refractivity contribution in [1.29, 1.82) is 0 Å². The van der Waals surface area contributed by atoms with E-state index in [0.29, 0.717) is 24.2 Å². The molecule has 0 aromatic carbocycles. The zero-order chi connectivity index (χ0) is 12.5. The monoisotopic (exact) mass is 274 g/mol. The molecule has 1 aliphatic heterocycles. The van der Waals surface area contributed by atoms with Crippen molar-refractivity contribution in [2.75, 3.05) is 13.1 Å². The van der Waals surface area contributed by atoms with Crippen LogP contribution in [-0.2, 0) is 10.0 Å². The summed E-state index contributed by atoms with van der Waals surface area (Å²) in [5.41, 5.74) is 0. The Hall–Kier alpha value is -0.650. The summed E-state index contributed by atoms with van der Waals surface area (Å²) in [5, 5.41) is 0.302. The third-order valence-electron chi connectivity index (χ3n) is 3.08. The first-order chi connectivity index (χ1) is 8.00. The largest absolute Gasteiger partial charge is 0.244 e. The molecule has 1 saturated heterocycles. The first-order valence-corrected chi connectivity index (χ1v) is 7.43. The fourth-order valence-electron chi connectivity index (χ4n) is 1.89. The van der Waals surface area contributed by atoms with Crippen molar-refractivity contribution >= 4 is 21.6 Å². The molecule has 0 bridgehead atoms. The molecule has 0 saturated carbocycles. The maximum absolute atomic E-state index is 12.2. The number of rotatable bonds is 2. The van der Waals surface area contributed by atoms with Crippen LogP contribution in [-0.4, -0.2) is 30.8 Å². The van der Waals surface area contributed by atoms with Crippen LogP contribution in [0.25, 0.3) is 0 Å². The van der Waals surface area contributed by atoms with Crippen molar-refractivity contribution in [3.05, 3.63) is 23.5 Å². The van der Waals surface area contributed by atoms with Crippen molar-refractivity contribution in [3.8, 4) is 0 Å². The van der Waals surface area contributed by atoms with E-state index in [9.17, 15) is 8.42 Å². The van der Waals surface area contributed by atoms with Gasteiger partial charge in [0.15, 0.2) is 0 Å². The van der Waals surface area contributed by atoms with E-state index in [1.807, 2.05) is 0 Å². The number of aromatic nitrogens is 1. The molecule has 1 aromatic rings. The van der Waals surface area contributed by atoms with Gasteiger partial charge in [-0.1, -0.05) is 18.5 Å². The summed E-state index contributed by atoms with van der Waals surface area (Å²) in [4.78, 5) is 4.03. The van der Waals surface area contributed by atoms with Crippen LogP contribution in [0.5, 0.6) is 0 Å². The minimum absolute atomic E-state index is 0.219. The summed E-state index contributed by atoms with van der Waals surface area (Å²) < 4.78 is 26.0. The van der Waals surface area contributed by atoms with Gasteiger partial charge < -0.3 is 0 Å². The molecule has 1 aromatic heterocycles.